The van der Waals surface area contributed by atoms with Crippen LogP contribution in [-0.2, 0) is 10.5 Å². The van der Waals surface area contributed by atoms with Gasteiger partial charge in [0.1, 0.15) is 11.1 Å². The third-order valence-corrected chi connectivity index (χ3v) is 5.02. The van der Waals surface area contributed by atoms with Gasteiger partial charge in [-0.25, -0.2) is 14.3 Å². The predicted octanol–water partition coefficient (Wildman–Crippen LogP) is 0.0385. The van der Waals surface area contributed by atoms with Gasteiger partial charge in [0.05, 0.1) is 6.33 Å². The van der Waals surface area contributed by atoms with E-state index >= 15 is 0 Å². The van der Waals surface area contributed by atoms with Crippen molar-refractivity contribution in [2.45, 2.75) is 37.0 Å². The molecule has 2 aliphatic carbocycles. The molecule has 1 saturated heterocycles. The van der Waals surface area contributed by atoms with Crippen molar-refractivity contribution >= 4 is 11.2 Å². The molecule has 3 atom stereocenters. The fourth-order valence-corrected chi connectivity index (χ4v) is 4.23. The maximum absolute atomic E-state index is 12.5. The van der Waals surface area contributed by atoms with Crippen LogP contribution in [0.1, 0.15) is 25.7 Å². The van der Waals surface area contributed by atoms with Crippen LogP contribution in [0.25, 0.3) is 11.2 Å². The summed E-state index contributed by atoms with van der Waals surface area (Å²) in [5.74, 6) is 0.581. The molecule has 0 radical (unpaired) electrons. The Morgan fingerprint density at radius 1 is 1.42 bits per heavy atom. The van der Waals surface area contributed by atoms with Gasteiger partial charge >= 0.3 is 5.69 Å². The Bertz CT molecular complexity index is 833. The number of ether oxygens (including phenoxy) is 1. The Kier molecular flexibility index (Phi) is 1.40. The fourth-order valence-electron chi connectivity index (χ4n) is 4.23. The Hall–Kier alpha value is -1.89. The van der Waals surface area contributed by atoms with Crippen LogP contribution in [0.5, 0.6) is 0 Å². The minimum Gasteiger partial charge on any atom is -0.340 e. The van der Waals surface area contributed by atoms with E-state index in [1.165, 1.54) is 10.9 Å². The molecular weight excluding hydrogens is 248 g/mol. The minimum atomic E-state index is -0.695. The minimum absolute atomic E-state index is 0.262. The number of aromatic nitrogens is 4. The first-order valence-corrected chi connectivity index (χ1v) is 6.54. The van der Waals surface area contributed by atoms with Crippen molar-refractivity contribution < 1.29 is 4.74 Å². The van der Waals surface area contributed by atoms with E-state index in [9.17, 15) is 9.59 Å². The van der Waals surface area contributed by atoms with E-state index in [1.807, 2.05) is 0 Å². The van der Waals surface area contributed by atoms with E-state index in [4.69, 9.17) is 4.74 Å². The second kappa shape index (κ2) is 2.67. The van der Waals surface area contributed by atoms with Crippen molar-refractivity contribution in [3.63, 3.8) is 0 Å². The average Bonchev–Trinajstić information content (AvgIpc) is 2.77. The number of epoxide rings is 1. The number of hydrogen-bond acceptors (Lipinski definition) is 4. The van der Waals surface area contributed by atoms with Crippen LogP contribution in [-0.4, -0.2) is 25.1 Å². The topological polar surface area (TPSA) is 96.1 Å². The van der Waals surface area contributed by atoms with Crippen LogP contribution >= 0.6 is 0 Å². The third-order valence-electron chi connectivity index (χ3n) is 5.02. The van der Waals surface area contributed by atoms with Crippen LogP contribution in [0.4, 0.5) is 0 Å². The van der Waals surface area contributed by atoms with Gasteiger partial charge in [-0.15, -0.1) is 0 Å². The molecule has 2 saturated carbocycles. The molecule has 7 heteroatoms. The molecule has 3 aliphatic rings. The lowest BCUT2D eigenvalue weighted by molar-refractivity contribution is 0.157. The summed E-state index contributed by atoms with van der Waals surface area (Å²) in [6, 6.07) is 0. The fraction of sp³-hybridized carbons (Fsp3) is 0.583. The molecule has 0 amide bonds. The smallest absolute Gasteiger partial charge is 0.332 e. The molecular formula is C12H12N4O3. The highest BCUT2D eigenvalue weighted by molar-refractivity contribution is 5.67. The third kappa shape index (κ3) is 0.918. The molecule has 1 aliphatic heterocycles. The molecule has 7 nitrogen and oxygen atoms in total. The van der Waals surface area contributed by atoms with Crippen LogP contribution < -0.4 is 11.2 Å². The molecule has 0 aromatic carbocycles. The van der Waals surface area contributed by atoms with Gasteiger partial charge in [0.15, 0.2) is 11.4 Å². The maximum Gasteiger partial charge on any atom is 0.332 e. The van der Waals surface area contributed by atoms with E-state index in [-0.39, 0.29) is 11.2 Å². The normalized spacial score (nSPS) is 38.8. The van der Waals surface area contributed by atoms with Crippen molar-refractivity contribution in [2.75, 3.05) is 0 Å². The summed E-state index contributed by atoms with van der Waals surface area (Å²) in [6.45, 7) is 0. The Morgan fingerprint density at radius 2 is 2.32 bits per heavy atom. The molecule has 2 aromatic heterocycles. The summed E-state index contributed by atoms with van der Waals surface area (Å²) in [4.78, 5) is 34.1. The number of nitrogens with one attached hydrogen (secondary N) is 2. The molecule has 3 unspecified atom stereocenters. The second-order valence-electron chi connectivity index (χ2n) is 5.89. The lowest BCUT2D eigenvalue weighted by Gasteiger charge is -2.18. The quantitative estimate of drug-likeness (QED) is 0.707. The van der Waals surface area contributed by atoms with Crippen molar-refractivity contribution in [1.29, 1.82) is 0 Å². The first-order chi connectivity index (χ1) is 9.15. The van der Waals surface area contributed by atoms with Gasteiger partial charge in [-0.2, -0.15) is 0 Å². The first kappa shape index (κ1) is 9.96. The van der Waals surface area contributed by atoms with Gasteiger partial charge < -0.3 is 9.72 Å². The first-order valence-electron chi connectivity index (χ1n) is 6.54. The van der Waals surface area contributed by atoms with Crippen LogP contribution in [0.3, 0.4) is 0 Å². The van der Waals surface area contributed by atoms with E-state index in [0.29, 0.717) is 17.1 Å². The van der Waals surface area contributed by atoms with Crippen molar-refractivity contribution in [3.05, 3.63) is 27.2 Å². The molecule has 5 rings (SSSR count). The maximum atomic E-state index is 12.5. The zero-order valence-electron chi connectivity index (χ0n) is 10.1. The highest BCUT2D eigenvalue weighted by Crippen LogP contribution is 2.71. The van der Waals surface area contributed by atoms with E-state index in [2.05, 4.69) is 15.0 Å². The zero-order valence-corrected chi connectivity index (χ0v) is 10.1. The number of aromatic amines is 2. The largest absolute Gasteiger partial charge is 0.340 e. The molecule has 19 heavy (non-hydrogen) atoms. The molecule has 3 heterocycles. The standard InChI is InChI=1S/C12H12N4O3/c17-9-7-8(14-5-13-7)15-10(18)16(9)12-4-6-1-2-11(12,3-6)19-12/h5-6H,1-4H2,(H,13,14)(H,15,18). The summed E-state index contributed by atoms with van der Waals surface area (Å²) in [7, 11) is 0. The molecule has 2 N–H and O–H groups in total. The lowest BCUT2D eigenvalue weighted by atomic mass is 9.95. The molecule has 98 valence electrons. The monoisotopic (exact) mass is 260 g/mol. The van der Waals surface area contributed by atoms with Crippen molar-refractivity contribution in [3.8, 4) is 0 Å². The van der Waals surface area contributed by atoms with Gasteiger partial charge in [0.25, 0.3) is 5.56 Å². The number of rotatable bonds is 1. The second-order valence-corrected chi connectivity index (χ2v) is 5.89. The van der Waals surface area contributed by atoms with Gasteiger partial charge in [-0.3, -0.25) is 9.78 Å². The van der Waals surface area contributed by atoms with Crippen LogP contribution in [0, 0.1) is 5.92 Å². The summed E-state index contributed by atoms with van der Waals surface area (Å²) in [5.41, 5.74) is -1.07. The van der Waals surface area contributed by atoms with E-state index in [1.54, 1.807) is 0 Å². The lowest BCUT2D eigenvalue weighted by Crippen LogP contribution is -2.45. The number of H-pyrrole nitrogens is 2. The Morgan fingerprint density at radius 3 is 3.05 bits per heavy atom. The highest BCUT2D eigenvalue weighted by Gasteiger charge is 2.79. The van der Waals surface area contributed by atoms with Gasteiger partial charge in [-0.05, 0) is 25.2 Å². The van der Waals surface area contributed by atoms with Crippen molar-refractivity contribution in [1.82, 2.24) is 19.5 Å². The van der Waals surface area contributed by atoms with Crippen LogP contribution in [0.2, 0.25) is 0 Å². The summed E-state index contributed by atoms with van der Waals surface area (Å²) < 4.78 is 7.17. The molecule has 1 spiro atoms. The molecule has 2 aromatic rings. The van der Waals surface area contributed by atoms with E-state index in [0.717, 1.165) is 25.7 Å². The zero-order chi connectivity index (χ0) is 12.8. The molecule has 2 bridgehead atoms. The number of fused-ring (bicyclic) bond motifs is 2. The summed E-state index contributed by atoms with van der Waals surface area (Å²) in [6.07, 6.45) is 5.25. The Balaban J connectivity index is 1.84. The molecule has 3 fully saturated rings. The number of nitrogens with zero attached hydrogens (tertiary/aromatic N) is 2. The number of hydrogen-bond donors (Lipinski definition) is 2. The highest BCUT2D eigenvalue weighted by atomic mass is 16.7. The van der Waals surface area contributed by atoms with Crippen molar-refractivity contribution in [2.24, 2.45) is 5.92 Å². The summed E-state index contributed by atoms with van der Waals surface area (Å²) in [5, 5.41) is 0. The number of imidazole rings is 1. The van der Waals surface area contributed by atoms with Gasteiger partial charge in [0, 0.05) is 6.42 Å². The van der Waals surface area contributed by atoms with Gasteiger partial charge in [0.2, 0.25) is 0 Å². The predicted molar refractivity (Wildman–Crippen MR) is 64.7 cm³/mol. The van der Waals surface area contributed by atoms with Crippen LogP contribution in [0.15, 0.2) is 15.9 Å². The SMILES string of the molecule is O=c1[nH]c2nc[nH]c2c(=O)n1C12CC3CCC1(C3)O2. The average molecular weight is 260 g/mol. The van der Waals surface area contributed by atoms with Gasteiger partial charge in [-0.1, -0.05) is 0 Å². The Labute approximate surface area is 106 Å². The summed E-state index contributed by atoms with van der Waals surface area (Å²) >= 11 is 0. The van der Waals surface area contributed by atoms with E-state index < -0.39 is 11.4 Å².